The van der Waals surface area contributed by atoms with E-state index in [1.165, 1.54) is 0 Å². The molecule has 0 saturated carbocycles. The number of carbonyl (C=O) groups excluding carboxylic acids is 1. The number of hydrogen-bond donors (Lipinski definition) is 0. The van der Waals surface area contributed by atoms with E-state index in [-0.39, 0.29) is 28.9 Å². The summed E-state index contributed by atoms with van der Waals surface area (Å²) in [5, 5.41) is 0.345. The van der Waals surface area contributed by atoms with Crippen molar-refractivity contribution in [1.29, 1.82) is 0 Å². The first kappa shape index (κ1) is 22.6. The first-order chi connectivity index (χ1) is 16.0. The zero-order valence-electron chi connectivity index (χ0n) is 18.1. The summed E-state index contributed by atoms with van der Waals surface area (Å²) in [5.74, 6) is 0.440. The molecule has 0 atom stereocenters. The first-order valence-corrected chi connectivity index (χ1v) is 11.1. The molecule has 0 saturated heterocycles. The molecule has 0 radical (unpaired) electrons. The van der Waals surface area contributed by atoms with E-state index in [0.717, 1.165) is 15.8 Å². The van der Waals surface area contributed by atoms with Crippen molar-refractivity contribution in [2.75, 3.05) is 13.7 Å². The summed E-state index contributed by atoms with van der Waals surface area (Å²) in [6, 6.07) is 19.6. The van der Waals surface area contributed by atoms with Crippen LogP contribution in [0.3, 0.4) is 0 Å². The van der Waals surface area contributed by atoms with E-state index in [9.17, 15) is 9.59 Å². The molecule has 0 aliphatic heterocycles. The summed E-state index contributed by atoms with van der Waals surface area (Å²) >= 11 is 3.38. The molecular weight excluding hydrogens is 488 g/mol. The lowest BCUT2D eigenvalue weighted by molar-refractivity contribution is 0.0492. The molecule has 1 aromatic heterocycles. The lowest BCUT2D eigenvalue weighted by Crippen LogP contribution is -2.15. The minimum absolute atomic E-state index is 0.135. The third-order valence-corrected chi connectivity index (χ3v) is 5.55. The van der Waals surface area contributed by atoms with Crippen LogP contribution in [0.2, 0.25) is 0 Å². The van der Waals surface area contributed by atoms with Gasteiger partial charge >= 0.3 is 5.97 Å². The Kier molecular flexibility index (Phi) is 6.79. The quantitative estimate of drug-likeness (QED) is 0.285. The standard InChI is InChI=1S/C26H21BrO6/c1-3-31-26(29)25-23(17-6-8-18(27)9-7-17)24(28)21-13-12-20(14-22(21)33-25)32-15-16-4-10-19(30-2)11-5-16/h4-14H,3,15H2,1-2H3. The molecule has 0 bridgehead atoms. The van der Waals surface area contributed by atoms with Gasteiger partial charge in [0.1, 0.15) is 23.7 Å². The van der Waals surface area contributed by atoms with Crippen molar-refractivity contribution in [2.24, 2.45) is 0 Å². The van der Waals surface area contributed by atoms with Crippen LogP contribution in [0.25, 0.3) is 22.1 Å². The van der Waals surface area contributed by atoms with Gasteiger partial charge in [0.05, 0.1) is 24.7 Å². The van der Waals surface area contributed by atoms with Crippen molar-refractivity contribution < 1.29 is 23.4 Å². The summed E-state index contributed by atoms with van der Waals surface area (Å²) in [4.78, 5) is 26.0. The highest BCUT2D eigenvalue weighted by molar-refractivity contribution is 9.10. The second-order valence-corrected chi connectivity index (χ2v) is 8.07. The van der Waals surface area contributed by atoms with Gasteiger partial charge in [0.2, 0.25) is 11.2 Å². The number of fused-ring (bicyclic) bond motifs is 1. The zero-order chi connectivity index (χ0) is 23.4. The molecule has 0 aliphatic carbocycles. The first-order valence-electron chi connectivity index (χ1n) is 10.3. The molecule has 4 aromatic rings. The molecule has 6 nitrogen and oxygen atoms in total. The van der Waals surface area contributed by atoms with Crippen molar-refractivity contribution in [2.45, 2.75) is 13.5 Å². The van der Waals surface area contributed by atoms with Gasteiger partial charge in [-0.1, -0.05) is 40.2 Å². The van der Waals surface area contributed by atoms with E-state index < -0.39 is 5.97 Å². The van der Waals surface area contributed by atoms with Crippen molar-refractivity contribution in [3.8, 4) is 22.6 Å². The van der Waals surface area contributed by atoms with Gasteiger partial charge in [0.15, 0.2) is 0 Å². The molecule has 0 unspecified atom stereocenters. The van der Waals surface area contributed by atoms with Crippen molar-refractivity contribution in [1.82, 2.24) is 0 Å². The van der Waals surface area contributed by atoms with E-state index in [1.54, 1.807) is 56.5 Å². The van der Waals surface area contributed by atoms with Gasteiger partial charge < -0.3 is 18.6 Å². The molecule has 0 fully saturated rings. The fourth-order valence-electron chi connectivity index (χ4n) is 3.37. The van der Waals surface area contributed by atoms with Crippen LogP contribution in [0.15, 0.2) is 80.4 Å². The van der Waals surface area contributed by atoms with Crippen LogP contribution in [0.4, 0.5) is 0 Å². The van der Waals surface area contributed by atoms with Gasteiger partial charge in [0.25, 0.3) is 0 Å². The highest BCUT2D eigenvalue weighted by Crippen LogP contribution is 2.29. The summed E-state index contributed by atoms with van der Waals surface area (Å²) in [7, 11) is 1.61. The highest BCUT2D eigenvalue weighted by atomic mass is 79.9. The summed E-state index contributed by atoms with van der Waals surface area (Å²) < 4.78 is 22.9. The SMILES string of the molecule is CCOC(=O)c1oc2cc(OCc3ccc(OC)cc3)ccc2c(=O)c1-c1ccc(Br)cc1. The molecule has 0 spiro atoms. The number of esters is 1. The molecule has 3 aromatic carbocycles. The van der Waals surface area contributed by atoms with Gasteiger partial charge in [-0.3, -0.25) is 4.79 Å². The number of carbonyl (C=O) groups is 1. The van der Waals surface area contributed by atoms with Crippen LogP contribution in [0, 0.1) is 0 Å². The topological polar surface area (TPSA) is 75.0 Å². The number of benzene rings is 3. The summed E-state index contributed by atoms with van der Waals surface area (Å²) in [6.45, 7) is 2.17. The number of halogens is 1. The van der Waals surface area contributed by atoms with Crippen molar-refractivity contribution >= 4 is 32.9 Å². The Morgan fingerprint density at radius 1 is 0.970 bits per heavy atom. The molecule has 7 heteroatoms. The predicted octanol–water partition coefficient (Wildman–Crippen LogP) is 5.99. The second-order valence-electron chi connectivity index (χ2n) is 7.16. The van der Waals surface area contributed by atoms with Crippen LogP contribution in [-0.4, -0.2) is 19.7 Å². The summed E-state index contributed by atoms with van der Waals surface area (Å²) in [6.07, 6.45) is 0. The van der Waals surface area contributed by atoms with E-state index >= 15 is 0 Å². The van der Waals surface area contributed by atoms with E-state index in [1.807, 2.05) is 24.3 Å². The van der Waals surface area contributed by atoms with Gasteiger partial charge in [-0.15, -0.1) is 0 Å². The van der Waals surface area contributed by atoms with Gasteiger partial charge in [-0.2, -0.15) is 0 Å². The minimum Gasteiger partial charge on any atom is -0.497 e. The van der Waals surface area contributed by atoms with Crippen LogP contribution >= 0.6 is 15.9 Å². The van der Waals surface area contributed by atoms with E-state index in [4.69, 9.17) is 18.6 Å². The zero-order valence-corrected chi connectivity index (χ0v) is 19.7. The van der Waals surface area contributed by atoms with E-state index in [0.29, 0.717) is 23.3 Å². The fraction of sp³-hybridized carbons (Fsp3) is 0.154. The average Bonchev–Trinajstić information content (AvgIpc) is 2.83. The number of hydrogen-bond acceptors (Lipinski definition) is 6. The van der Waals surface area contributed by atoms with Crippen molar-refractivity contribution in [3.05, 3.63) is 92.7 Å². The molecular formula is C26H21BrO6. The van der Waals surface area contributed by atoms with Gasteiger partial charge in [-0.25, -0.2) is 4.79 Å². The largest absolute Gasteiger partial charge is 0.497 e. The third kappa shape index (κ3) is 4.93. The molecule has 1 heterocycles. The fourth-order valence-corrected chi connectivity index (χ4v) is 3.64. The summed E-state index contributed by atoms with van der Waals surface area (Å²) in [5.41, 5.74) is 1.62. The number of methoxy groups -OCH3 is 1. The maximum atomic E-state index is 13.4. The maximum Gasteiger partial charge on any atom is 0.375 e. The average molecular weight is 509 g/mol. The number of rotatable bonds is 7. The Balaban J connectivity index is 1.73. The van der Waals surface area contributed by atoms with Crippen LogP contribution in [0.5, 0.6) is 11.5 Å². The minimum atomic E-state index is -0.695. The smallest absolute Gasteiger partial charge is 0.375 e. The predicted molar refractivity (Wildman–Crippen MR) is 129 cm³/mol. The van der Waals surface area contributed by atoms with E-state index in [2.05, 4.69) is 15.9 Å². The molecule has 0 amide bonds. The Labute approximate surface area is 198 Å². The van der Waals surface area contributed by atoms with Crippen molar-refractivity contribution in [3.63, 3.8) is 0 Å². The van der Waals surface area contributed by atoms with Crippen LogP contribution < -0.4 is 14.9 Å². The molecule has 0 N–H and O–H groups in total. The lowest BCUT2D eigenvalue weighted by Gasteiger charge is -2.11. The Morgan fingerprint density at radius 3 is 2.33 bits per heavy atom. The third-order valence-electron chi connectivity index (χ3n) is 5.02. The Hall–Kier alpha value is -3.58. The van der Waals surface area contributed by atoms with Gasteiger partial charge in [-0.05, 0) is 54.4 Å². The lowest BCUT2D eigenvalue weighted by atomic mass is 10.0. The van der Waals surface area contributed by atoms with Crippen LogP contribution in [-0.2, 0) is 11.3 Å². The molecule has 168 valence electrons. The van der Waals surface area contributed by atoms with Crippen LogP contribution in [0.1, 0.15) is 23.0 Å². The monoisotopic (exact) mass is 508 g/mol. The molecule has 33 heavy (non-hydrogen) atoms. The Morgan fingerprint density at radius 2 is 1.67 bits per heavy atom. The number of ether oxygens (including phenoxy) is 3. The molecule has 0 aliphatic rings. The maximum absolute atomic E-state index is 13.4. The normalized spacial score (nSPS) is 10.8. The highest BCUT2D eigenvalue weighted by Gasteiger charge is 2.23. The molecule has 4 rings (SSSR count). The van der Waals surface area contributed by atoms with Gasteiger partial charge in [0, 0.05) is 10.5 Å². The Bertz CT molecular complexity index is 1340. The second kappa shape index (κ2) is 9.92.